The van der Waals surface area contributed by atoms with Crippen LogP contribution in [0, 0.1) is 34.5 Å². The highest BCUT2D eigenvalue weighted by atomic mass is 16.2. The van der Waals surface area contributed by atoms with Gasteiger partial charge in [0.2, 0.25) is 0 Å². The number of fused-ring (bicyclic) bond motifs is 1. The van der Waals surface area contributed by atoms with Crippen molar-refractivity contribution in [2.75, 3.05) is 12.3 Å². The molecule has 0 saturated heterocycles. The second-order valence-corrected chi connectivity index (χ2v) is 7.83. The largest absolute Gasteiger partial charge is 0.384 e. The Balaban J connectivity index is 1.48. The standard InChI is InChI=1S/C27H19N5O3/c28-15-21-23(22(16-29)25(33)31-24(21)30)18-11-5-4-10-17(18)9-3-1-2-8-14-32-26(34)19-12-6-7-13-20(19)27(32)35/h4-7,10-13H,1-2,8,14H2,(H3,30,31,33). The number of nitrogens with two attached hydrogens (primary N) is 1. The summed E-state index contributed by atoms with van der Waals surface area (Å²) in [5, 5.41) is 19.1. The van der Waals surface area contributed by atoms with Crippen molar-refractivity contribution in [1.29, 1.82) is 10.5 Å². The highest BCUT2D eigenvalue weighted by Gasteiger charge is 2.34. The Labute approximate surface area is 201 Å². The number of nitrogens with one attached hydrogen (secondary N) is 1. The van der Waals surface area contributed by atoms with Crippen LogP contribution < -0.4 is 11.3 Å². The van der Waals surface area contributed by atoms with Gasteiger partial charge in [0, 0.05) is 29.7 Å². The zero-order valence-electron chi connectivity index (χ0n) is 18.6. The number of hydrogen-bond donors (Lipinski definition) is 2. The van der Waals surface area contributed by atoms with E-state index >= 15 is 0 Å². The lowest BCUT2D eigenvalue weighted by atomic mass is 9.93. The molecule has 3 N–H and O–H groups in total. The lowest BCUT2D eigenvalue weighted by Gasteiger charge is -2.12. The number of unbranched alkanes of at least 4 members (excludes halogenated alkanes) is 2. The molecule has 8 heteroatoms. The summed E-state index contributed by atoms with van der Waals surface area (Å²) in [5.74, 6) is 5.45. The van der Waals surface area contributed by atoms with Crippen LogP contribution >= 0.6 is 0 Å². The number of hydrogen-bond acceptors (Lipinski definition) is 6. The number of carbonyl (C=O) groups is 2. The molecule has 0 spiro atoms. The van der Waals surface area contributed by atoms with Crippen molar-refractivity contribution in [3.8, 4) is 35.1 Å². The summed E-state index contributed by atoms with van der Waals surface area (Å²) in [6, 6.07) is 17.5. The highest BCUT2D eigenvalue weighted by molar-refractivity contribution is 6.21. The smallest absolute Gasteiger partial charge is 0.268 e. The molecule has 0 unspecified atom stereocenters. The molecule has 0 aliphatic carbocycles. The number of carbonyl (C=O) groups excluding carboxylic acids is 2. The first-order valence-electron chi connectivity index (χ1n) is 10.9. The normalized spacial score (nSPS) is 11.9. The van der Waals surface area contributed by atoms with Crippen molar-refractivity contribution in [2.45, 2.75) is 19.3 Å². The summed E-state index contributed by atoms with van der Waals surface area (Å²) in [4.78, 5) is 40.7. The molecule has 0 bridgehead atoms. The van der Waals surface area contributed by atoms with E-state index in [1.807, 2.05) is 12.1 Å². The third-order valence-electron chi connectivity index (χ3n) is 5.70. The van der Waals surface area contributed by atoms with Crippen LogP contribution in [0.4, 0.5) is 5.82 Å². The molecule has 2 amide bonds. The van der Waals surface area contributed by atoms with Gasteiger partial charge in [-0.2, -0.15) is 10.5 Å². The Hall–Kier alpha value is -5.13. The Kier molecular flexibility index (Phi) is 6.44. The van der Waals surface area contributed by atoms with Crippen molar-refractivity contribution >= 4 is 17.6 Å². The zero-order chi connectivity index (χ0) is 24.9. The first-order valence-corrected chi connectivity index (χ1v) is 10.9. The van der Waals surface area contributed by atoms with Gasteiger partial charge in [0.1, 0.15) is 29.1 Å². The van der Waals surface area contributed by atoms with Crippen LogP contribution in [0.15, 0.2) is 53.3 Å². The first-order chi connectivity index (χ1) is 17.0. The summed E-state index contributed by atoms with van der Waals surface area (Å²) >= 11 is 0. The van der Waals surface area contributed by atoms with Gasteiger partial charge in [0.25, 0.3) is 17.4 Å². The second-order valence-electron chi connectivity index (χ2n) is 7.83. The number of nitrogen functional groups attached to an aromatic ring is 1. The van der Waals surface area contributed by atoms with E-state index in [2.05, 4.69) is 16.8 Å². The molecular weight excluding hydrogens is 442 g/mol. The summed E-state index contributed by atoms with van der Waals surface area (Å²) < 4.78 is 0. The van der Waals surface area contributed by atoms with Crippen molar-refractivity contribution in [3.05, 3.63) is 86.7 Å². The summed E-state index contributed by atoms with van der Waals surface area (Å²) in [5.41, 5.74) is 7.00. The van der Waals surface area contributed by atoms with E-state index < -0.39 is 5.56 Å². The number of pyridine rings is 1. The fourth-order valence-corrected chi connectivity index (χ4v) is 4.01. The SMILES string of the molecule is N#Cc1c(N)[nH]c(=O)c(C#N)c1-c1ccccc1C#CCCCCN1C(=O)c2ccccc2C1=O. The monoisotopic (exact) mass is 461 g/mol. The molecule has 35 heavy (non-hydrogen) atoms. The maximum Gasteiger partial charge on any atom is 0.268 e. The van der Waals surface area contributed by atoms with E-state index in [0.717, 1.165) is 0 Å². The quantitative estimate of drug-likeness (QED) is 0.339. The van der Waals surface area contributed by atoms with E-state index in [1.165, 1.54) is 4.90 Å². The minimum atomic E-state index is -0.671. The zero-order valence-corrected chi connectivity index (χ0v) is 18.6. The number of benzene rings is 2. The van der Waals surface area contributed by atoms with E-state index in [1.54, 1.807) is 48.5 Å². The molecule has 3 aromatic rings. The number of nitrogens with zero attached hydrogens (tertiary/aromatic N) is 3. The minimum absolute atomic E-state index is 0.0105. The third-order valence-corrected chi connectivity index (χ3v) is 5.70. The van der Waals surface area contributed by atoms with E-state index in [-0.39, 0.29) is 34.3 Å². The molecule has 2 aromatic carbocycles. The van der Waals surface area contributed by atoms with Crippen molar-refractivity contribution in [2.24, 2.45) is 0 Å². The molecule has 1 aliphatic rings. The van der Waals surface area contributed by atoms with Crippen LogP contribution in [0.3, 0.4) is 0 Å². The van der Waals surface area contributed by atoms with Crippen molar-refractivity contribution in [1.82, 2.24) is 9.88 Å². The molecule has 170 valence electrons. The number of H-pyrrole nitrogens is 1. The van der Waals surface area contributed by atoms with Crippen LogP contribution in [0.5, 0.6) is 0 Å². The van der Waals surface area contributed by atoms with Crippen LogP contribution in [0.25, 0.3) is 11.1 Å². The van der Waals surface area contributed by atoms with Crippen LogP contribution in [-0.4, -0.2) is 28.2 Å². The Morgan fingerprint density at radius 3 is 2.06 bits per heavy atom. The molecule has 0 fully saturated rings. The van der Waals surface area contributed by atoms with Gasteiger partial charge in [-0.05, 0) is 31.0 Å². The highest BCUT2D eigenvalue weighted by Crippen LogP contribution is 2.30. The topological polar surface area (TPSA) is 144 Å². The molecule has 1 aliphatic heterocycles. The van der Waals surface area contributed by atoms with Gasteiger partial charge in [-0.3, -0.25) is 19.3 Å². The molecule has 1 aromatic heterocycles. The molecule has 2 heterocycles. The number of anilines is 1. The fourth-order valence-electron chi connectivity index (χ4n) is 4.01. The fraction of sp³-hybridized carbons (Fsp3) is 0.148. The number of nitriles is 2. The van der Waals surface area contributed by atoms with Crippen molar-refractivity contribution in [3.63, 3.8) is 0 Å². The van der Waals surface area contributed by atoms with E-state index in [0.29, 0.717) is 48.1 Å². The third kappa shape index (κ3) is 4.27. The predicted molar refractivity (Wildman–Crippen MR) is 129 cm³/mol. The number of aromatic amines is 1. The maximum absolute atomic E-state index is 12.4. The predicted octanol–water partition coefficient (Wildman–Crippen LogP) is 3.19. The van der Waals surface area contributed by atoms with Gasteiger partial charge in [-0.25, -0.2) is 0 Å². The van der Waals surface area contributed by atoms with Gasteiger partial charge in [-0.15, -0.1) is 0 Å². The number of rotatable bonds is 5. The number of imide groups is 1. The van der Waals surface area contributed by atoms with Crippen LogP contribution in [0.2, 0.25) is 0 Å². The van der Waals surface area contributed by atoms with E-state index in [9.17, 15) is 24.9 Å². The van der Waals surface area contributed by atoms with Gasteiger partial charge in [0.05, 0.1) is 11.1 Å². The molecule has 0 saturated carbocycles. The van der Waals surface area contributed by atoms with Gasteiger partial charge < -0.3 is 10.7 Å². The van der Waals surface area contributed by atoms with Crippen molar-refractivity contribution < 1.29 is 9.59 Å². The van der Waals surface area contributed by atoms with Gasteiger partial charge in [-0.1, -0.05) is 42.2 Å². The Morgan fingerprint density at radius 1 is 0.829 bits per heavy atom. The molecule has 8 nitrogen and oxygen atoms in total. The summed E-state index contributed by atoms with van der Waals surface area (Å²) in [6.07, 6.45) is 1.77. The van der Waals surface area contributed by atoms with Gasteiger partial charge >= 0.3 is 0 Å². The maximum atomic E-state index is 12.4. The number of amides is 2. The molecule has 0 atom stereocenters. The van der Waals surface area contributed by atoms with E-state index in [4.69, 9.17) is 5.73 Å². The van der Waals surface area contributed by atoms with Gasteiger partial charge in [0.15, 0.2) is 0 Å². The lowest BCUT2D eigenvalue weighted by Crippen LogP contribution is -2.30. The lowest BCUT2D eigenvalue weighted by molar-refractivity contribution is 0.0652. The molecule has 0 radical (unpaired) electrons. The molecular formula is C27H19N5O3. The average Bonchev–Trinajstić information content (AvgIpc) is 3.11. The second kappa shape index (κ2) is 9.79. The number of aromatic nitrogens is 1. The summed E-state index contributed by atoms with van der Waals surface area (Å²) in [7, 11) is 0. The average molecular weight is 461 g/mol. The summed E-state index contributed by atoms with van der Waals surface area (Å²) in [6.45, 7) is 0.313. The van der Waals surface area contributed by atoms with Crippen LogP contribution in [-0.2, 0) is 0 Å². The first kappa shape index (κ1) is 23.0. The van der Waals surface area contributed by atoms with Crippen LogP contribution in [0.1, 0.15) is 56.7 Å². The minimum Gasteiger partial charge on any atom is -0.384 e. The Bertz CT molecular complexity index is 1530. The Morgan fingerprint density at radius 2 is 1.43 bits per heavy atom. The molecule has 4 rings (SSSR count).